The predicted molar refractivity (Wildman–Crippen MR) is 81.4 cm³/mol. The van der Waals surface area contributed by atoms with Crippen LogP contribution in [0.5, 0.6) is 0 Å². The lowest BCUT2D eigenvalue weighted by atomic mass is 10.1. The maximum absolute atomic E-state index is 5.79. The van der Waals surface area contributed by atoms with Gasteiger partial charge >= 0.3 is 0 Å². The molecule has 0 fully saturated rings. The lowest BCUT2D eigenvalue weighted by Crippen LogP contribution is -2.36. The molecule has 1 heterocycles. The van der Waals surface area contributed by atoms with Crippen LogP contribution in [0.2, 0.25) is 0 Å². The average molecular weight is 271 g/mol. The molecule has 20 heavy (non-hydrogen) atoms. The zero-order valence-corrected chi connectivity index (χ0v) is 12.0. The average Bonchev–Trinajstić information content (AvgIpc) is 2.89. The second kappa shape index (κ2) is 6.75. The van der Waals surface area contributed by atoms with Gasteiger partial charge in [-0.1, -0.05) is 24.3 Å². The Kier molecular flexibility index (Phi) is 4.76. The van der Waals surface area contributed by atoms with Gasteiger partial charge in [0.25, 0.3) is 0 Å². The molecular formula is C15H21N5. The molecular weight excluding hydrogens is 250 g/mol. The zero-order valence-electron chi connectivity index (χ0n) is 12.0. The van der Waals surface area contributed by atoms with Crippen LogP contribution in [-0.2, 0) is 13.1 Å². The van der Waals surface area contributed by atoms with Crippen molar-refractivity contribution in [3.8, 4) is 0 Å². The topological polar surface area (TPSA) is 68.2 Å². The van der Waals surface area contributed by atoms with Crippen LogP contribution < -0.4 is 11.1 Å². The van der Waals surface area contributed by atoms with Crippen molar-refractivity contribution in [2.45, 2.75) is 33.0 Å². The smallest absolute Gasteiger partial charge is 0.189 e. The molecule has 1 aromatic heterocycles. The normalized spacial score (nSPS) is 11.8. The first-order valence-electron chi connectivity index (χ1n) is 6.75. The van der Waals surface area contributed by atoms with E-state index >= 15 is 0 Å². The molecule has 5 nitrogen and oxygen atoms in total. The molecule has 3 N–H and O–H groups in total. The molecule has 0 aliphatic rings. The van der Waals surface area contributed by atoms with Gasteiger partial charge in [0.15, 0.2) is 5.96 Å². The van der Waals surface area contributed by atoms with E-state index < -0.39 is 0 Å². The summed E-state index contributed by atoms with van der Waals surface area (Å²) in [5.74, 6) is 0.484. The molecule has 0 aliphatic heterocycles. The molecule has 5 heteroatoms. The third kappa shape index (κ3) is 4.42. The molecule has 106 valence electrons. The molecule has 1 aromatic carbocycles. The van der Waals surface area contributed by atoms with Crippen LogP contribution in [-0.4, -0.2) is 21.8 Å². The van der Waals surface area contributed by atoms with Crippen LogP contribution in [0.3, 0.4) is 0 Å². The van der Waals surface area contributed by atoms with Crippen molar-refractivity contribution in [2.75, 3.05) is 0 Å². The van der Waals surface area contributed by atoms with Crippen LogP contribution in [0, 0.1) is 0 Å². The van der Waals surface area contributed by atoms with Gasteiger partial charge in [0, 0.05) is 18.4 Å². The van der Waals surface area contributed by atoms with Crippen molar-refractivity contribution in [3.63, 3.8) is 0 Å². The highest BCUT2D eigenvalue weighted by Crippen LogP contribution is 2.08. The number of aromatic nitrogens is 2. The van der Waals surface area contributed by atoms with Crippen molar-refractivity contribution in [2.24, 2.45) is 10.7 Å². The Hall–Kier alpha value is -2.30. The Morgan fingerprint density at radius 2 is 2.15 bits per heavy atom. The molecule has 0 saturated heterocycles. The molecule has 0 spiro atoms. The standard InChI is InChI=1S/C15H21N5/c1-12(2)19-15(16)17-10-13-5-3-6-14(9-13)11-20-8-4-7-18-20/h3-9,12H,10-11H2,1-2H3,(H3,16,17,19). The monoisotopic (exact) mass is 271 g/mol. The van der Waals surface area contributed by atoms with Gasteiger partial charge < -0.3 is 11.1 Å². The summed E-state index contributed by atoms with van der Waals surface area (Å²) in [5, 5.41) is 7.28. The van der Waals surface area contributed by atoms with E-state index in [0.29, 0.717) is 18.5 Å². The first-order chi connectivity index (χ1) is 9.63. The van der Waals surface area contributed by atoms with E-state index in [2.05, 4.69) is 33.6 Å². The molecule has 0 radical (unpaired) electrons. The van der Waals surface area contributed by atoms with Gasteiger partial charge in [-0.2, -0.15) is 5.10 Å². The maximum atomic E-state index is 5.79. The number of hydrogen-bond acceptors (Lipinski definition) is 2. The largest absolute Gasteiger partial charge is 0.370 e. The van der Waals surface area contributed by atoms with E-state index in [9.17, 15) is 0 Å². The third-order valence-electron chi connectivity index (χ3n) is 2.76. The molecule has 0 amide bonds. The fraction of sp³-hybridized carbons (Fsp3) is 0.333. The quantitative estimate of drug-likeness (QED) is 0.643. The second-order valence-corrected chi connectivity index (χ2v) is 5.02. The van der Waals surface area contributed by atoms with Crippen molar-refractivity contribution < 1.29 is 0 Å². The number of nitrogens with two attached hydrogens (primary N) is 1. The highest BCUT2D eigenvalue weighted by Gasteiger charge is 1.99. The lowest BCUT2D eigenvalue weighted by Gasteiger charge is -2.09. The number of guanidine groups is 1. The molecule has 0 bridgehead atoms. The van der Waals surface area contributed by atoms with Crippen LogP contribution in [0.1, 0.15) is 25.0 Å². The summed E-state index contributed by atoms with van der Waals surface area (Å²) in [6.07, 6.45) is 3.74. The summed E-state index contributed by atoms with van der Waals surface area (Å²) >= 11 is 0. The van der Waals surface area contributed by atoms with Crippen LogP contribution in [0.15, 0.2) is 47.7 Å². The van der Waals surface area contributed by atoms with Crippen LogP contribution >= 0.6 is 0 Å². The van der Waals surface area contributed by atoms with Crippen molar-refractivity contribution >= 4 is 5.96 Å². The first kappa shape index (κ1) is 14.1. The van der Waals surface area contributed by atoms with Crippen molar-refractivity contribution in [3.05, 3.63) is 53.9 Å². The lowest BCUT2D eigenvalue weighted by molar-refractivity contribution is 0.686. The van der Waals surface area contributed by atoms with Crippen molar-refractivity contribution in [1.82, 2.24) is 15.1 Å². The Bertz CT molecular complexity index is 557. The minimum absolute atomic E-state index is 0.296. The molecule has 0 saturated carbocycles. The minimum Gasteiger partial charge on any atom is -0.370 e. The van der Waals surface area contributed by atoms with Crippen molar-refractivity contribution in [1.29, 1.82) is 0 Å². The zero-order chi connectivity index (χ0) is 14.4. The Labute approximate surface area is 119 Å². The van der Waals surface area contributed by atoms with Gasteiger partial charge in [0.1, 0.15) is 0 Å². The molecule has 0 atom stereocenters. The third-order valence-corrected chi connectivity index (χ3v) is 2.76. The maximum Gasteiger partial charge on any atom is 0.189 e. The van der Waals surface area contributed by atoms with Gasteiger partial charge in [-0.15, -0.1) is 0 Å². The van der Waals surface area contributed by atoms with Crippen LogP contribution in [0.25, 0.3) is 0 Å². The highest BCUT2D eigenvalue weighted by atomic mass is 15.3. The van der Waals surface area contributed by atoms with E-state index in [1.165, 1.54) is 5.56 Å². The Morgan fingerprint density at radius 1 is 1.35 bits per heavy atom. The number of rotatable bonds is 5. The van der Waals surface area contributed by atoms with Crippen LogP contribution in [0.4, 0.5) is 0 Å². The van der Waals surface area contributed by atoms with E-state index in [-0.39, 0.29) is 0 Å². The van der Waals surface area contributed by atoms with Gasteiger partial charge in [0.2, 0.25) is 0 Å². The predicted octanol–water partition coefficient (Wildman–Crippen LogP) is 1.74. The SMILES string of the molecule is CC(C)NC(N)=NCc1cccc(Cn2cccn2)c1. The Morgan fingerprint density at radius 3 is 2.85 bits per heavy atom. The van der Waals surface area contributed by atoms with E-state index in [1.54, 1.807) is 6.20 Å². The fourth-order valence-electron chi connectivity index (χ4n) is 1.93. The van der Waals surface area contributed by atoms with Gasteiger partial charge in [0.05, 0.1) is 13.1 Å². The highest BCUT2D eigenvalue weighted by molar-refractivity contribution is 5.78. The summed E-state index contributed by atoms with van der Waals surface area (Å²) in [7, 11) is 0. The number of benzene rings is 1. The summed E-state index contributed by atoms with van der Waals surface area (Å²) in [4.78, 5) is 4.33. The number of nitrogens with zero attached hydrogens (tertiary/aromatic N) is 3. The van der Waals surface area contributed by atoms with E-state index in [0.717, 1.165) is 12.1 Å². The van der Waals surface area contributed by atoms with Gasteiger partial charge in [-0.05, 0) is 31.0 Å². The minimum atomic E-state index is 0.296. The molecule has 2 aromatic rings. The summed E-state index contributed by atoms with van der Waals surface area (Å²) < 4.78 is 1.90. The number of nitrogens with one attached hydrogen (secondary N) is 1. The number of hydrogen-bond donors (Lipinski definition) is 2. The second-order valence-electron chi connectivity index (χ2n) is 5.02. The molecule has 0 aliphatic carbocycles. The summed E-state index contributed by atoms with van der Waals surface area (Å²) in [5.41, 5.74) is 8.14. The van der Waals surface area contributed by atoms with Gasteiger partial charge in [-0.3, -0.25) is 4.68 Å². The summed E-state index contributed by atoms with van der Waals surface area (Å²) in [6.45, 7) is 5.42. The van der Waals surface area contributed by atoms with Gasteiger partial charge in [-0.25, -0.2) is 4.99 Å². The molecule has 2 rings (SSSR count). The Balaban J connectivity index is 1.99. The molecule has 0 unspecified atom stereocenters. The van der Waals surface area contributed by atoms with E-state index in [1.807, 2.05) is 36.9 Å². The summed E-state index contributed by atoms with van der Waals surface area (Å²) in [6, 6.07) is 10.5. The number of aliphatic imine (C=N–C) groups is 1. The fourth-order valence-corrected chi connectivity index (χ4v) is 1.93. The van der Waals surface area contributed by atoms with E-state index in [4.69, 9.17) is 5.73 Å². The first-order valence-corrected chi connectivity index (χ1v) is 6.75.